The zero-order chi connectivity index (χ0) is 11.1. The van der Waals surface area contributed by atoms with Crippen molar-refractivity contribution in [3.63, 3.8) is 0 Å². The largest absolute Gasteiger partial charge is 0.396 e. The standard InChI is InChI=1S/C12H17NO2/c1-10-5-4-6-11(9-10)12(15)13-7-2-3-8-14/h4-6,9,14H,2-3,7-8H2,1H3,(H,13,15). The molecule has 3 nitrogen and oxygen atoms in total. The minimum absolute atomic E-state index is 0.0448. The Morgan fingerprint density at radius 1 is 1.40 bits per heavy atom. The number of carbonyl (C=O) groups is 1. The average Bonchev–Trinajstić information content (AvgIpc) is 2.24. The fourth-order valence-corrected chi connectivity index (χ4v) is 1.33. The molecule has 1 rings (SSSR count). The number of hydrogen-bond donors (Lipinski definition) is 2. The van der Waals surface area contributed by atoms with Gasteiger partial charge >= 0.3 is 0 Å². The second kappa shape index (κ2) is 6.19. The Bertz CT molecular complexity index is 323. The van der Waals surface area contributed by atoms with Gasteiger partial charge in [0.25, 0.3) is 5.91 Å². The van der Waals surface area contributed by atoms with Gasteiger partial charge in [0.05, 0.1) is 0 Å². The predicted molar refractivity (Wildman–Crippen MR) is 59.8 cm³/mol. The van der Waals surface area contributed by atoms with Crippen molar-refractivity contribution < 1.29 is 9.90 Å². The Balaban J connectivity index is 2.40. The third-order valence-corrected chi connectivity index (χ3v) is 2.15. The van der Waals surface area contributed by atoms with Gasteiger partial charge in [-0.2, -0.15) is 0 Å². The van der Waals surface area contributed by atoms with Gasteiger partial charge in [-0.25, -0.2) is 0 Å². The van der Waals surface area contributed by atoms with Crippen LogP contribution in [0.5, 0.6) is 0 Å². The minimum atomic E-state index is -0.0448. The molecular weight excluding hydrogens is 190 g/mol. The van der Waals surface area contributed by atoms with Gasteiger partial charge in [-0.05, 0) is 31.9 Å². The summed E-state index contributed by atoms with van der Waals surface area (Å²) in [5.41, 5.74) is 1.78. The zero-order valence-corrected chi connectivity index (χ0v) is 8.99. The lowest BCUT2D eigenvalue weighted by Gasteiger charge is -2.04. The van der Waals surface area contributed by atoms with E-state index in [-0.39, 0.29) is 12.5 Å². The number of carbonyl (C=O) groups excluding carboxylic acids is 1. The van der Waals surface area contributed by atoms with Crippen LogP contribution < -0.4 is 5.32 Å². The number of hydrogen-bond acceptors (Lipinski definition) is 2. The van der Waals surface area contributed by atoms with Crippen molar-refractivity contribution in [2.75, 3.05) is 13.2 Å². The molecule has 2 N–H and O–H groups in total. The van der Waals surface area contributed by atoms with Gasteiger partial charge in [0.1, 0.15) is 0 Å². The number of aryl methyl sites for hydroxylation is 1. The normalized spacial score (nSPS) is 10.0. The monoisotopic (exact) mass is 207 g/mol. The lowest BCUT2D eigenvalue weighted by Crippen LogP contribution is -2.24. The third kappa shape index (κ3) is 4.13. The highest BCUT2D eigenvalue weighted by Crippen LogP contribution is 2.03. The van der Waals surface area contributed by atoms with E-state index in [1.165, 1.54) is 0 Å². The van der Waals surface area contributed by atoms with E-state index < -0.39 is 0 Å². The maximum absolute atomic E-state index is 11.6. The summed E-state index contributed by atoms with van der Waals surface area (Å²) in [5.74, 6) is -0.0448. The van der Waals surface area contributed by atoms with Crippen molar-refractivity contribution in [3.8, 4) is 0 Å². The summed E-state index contributed by atoms with van der Waals surface area (Å²) in [6, 6.07) is 7.50. The van der Waals surface area contributed by atoms with E-state index in [1.807, 2.05) is 25.1 Å². The first-order valence-corrected chi connectivity index (χ1v) is 5.20. The molecule has 0 aromatic heterocycles. The van der Waals surface area contributed by atoms with Crippen molar-refractivity contribution in [3.05, 3.63) is 35.4 Å². The Hall–Kier alpha value is -1.35. The number of benzene rings is 1. The van der Waals surface area contributed by atoms with E-state index >= 15 is 0 Å². The smallest absolute Gasteiger partial charge is 0.251 e. The van der Waals surface area contributed by atoms with E-state index in [2.05, 4.69) is 5.32 Å². The van der Waals surface area contributed by atoms with Crippen molar-refractivity contribution in [1.82, 2.24) is 5.32 Å². The number of rotatable bonds is 5. The highest BCUT2D eigenvalue weighted by molar-refractivity contribution is 5.94. The zero-order valence-electron chi connectivity index (χ0n) is 8.99. The highest BCUT2D eigenvalue weighted by Gasteiger charge is 2.03. The topological polar surface area (TPSA) is 49.3 Å². The molecule has 0 fully saturated rings. The molecule has 82 valence electrons. The molecule has 0 aliphatic carbocycles. The van der Waals surface area contributed by atoms with Crippen LogP contribution >= 0.6 is 0 Å². The Kier molecular flexibility index (Phi) is 4.84. The SMILES string of the molecule is Cc1cccc(C(=O)NCCCCO)c1. The lowest BCUT2D eigenvalue weighted by molar-refractivity contribution is 0.0952. The van der Waals surface area contributed by atoms with E-state index in [4.69, 9.17) is 5.11 Å². The molecular formula is C12H17NO2. The predicted octanol–water partition coefficient (Wildman–Crippen LogP) is 1.50. The summed E-state index contributed by atoms with van der Waals surface area (Å²) in [7, 11) is 0. The third-order valence-electron chi connectivity index (χ3n) is 2.15. The van der Waals surface area contributed by atoms with Crippen LogP contribution in [0.1, 0.15) is 28.8 Å². The Labute approximate surface area is 90.1 Å². The number of amides is 1. The van der Waals surface area contributed by atoms with Crippen LogP contribution in [-0.2, 0) is 0 Å². The summed E-state index contributed by atoms with van der Waals surface area (Å²) in [6.07, 6.45) is 1.54. The van der Waals surface area contributed by atoms with Crippen molar-refractivity contribution in [1.29, 1.82) is 0 Å². The molecule has 0 radical (unpaired) electrons. The minimum Gasteiger partial charge on any atom is -0.396 e. The van der Waals surface area contributed by atoms with E-state index in [1.54, 1.807) is 6.07 Å². The molecule has 1 aromatic rings. The summed E-state index contributed by atoms with van der Waals surface area (Å²) in [5, 5.41) is 11.4. The average molecular weight is 207 g/mol. The molecule has 1 aromatic carbocycles. The molecule has 0 aliphatic rings. The van der Waals surface area contributed by atoms with Gasteiger partial charge in [0, 0.05) is 18.7 Å². The molecule has 0 saturated carbocycles. The van der Waals surface area contributed by atoms with E-state index in [9.17, 15) is 4.79 Å². The lowest BCUT2D eigenvalue weighted by atomic mass is 10.1. The molecule has 0 bridgehead atoms. The number of aliphatic hydroxyl groups is 1. The van der Waals surface area contributed by atoms with E-state index in [0.717, 1.165) is 18.4 Å². The van der Waals surface area contributed by atoms with Crippen molar-refractivity contribution in [2.45, 2.75) is 19.8 Å². The Morgan fingerprint density at radius 2 is 2.20 bits per heavy atom. The van der Waals surface area contributed by atoms with Crippen LogP contribution in [0.15, 0.2) is 24.3 Å². The second-order valence-corrected chi connectivity index (χ2v) is 3.56. The summed E-state index contributed by atoms with van der Waals surface area (Å²) in [6.45, 7) is 2.76. The molecule has 3 heteroatoms. The second-order valence-electron chi connectivity index (χ2n) is 3.56. The van der Waals surface area contributed by atoms with Gasteiger partial charge in [0.15, 0.2) is 0 Å². The maximum atomic E-state index is 11.6. The highest BCUT2D eigenvalue weighted by atomic mass is 16.2. The number of nitrogens with one attached hydrogen (secondary N) is 1. The van der Waals surface area contributed by atoms with Gasteiger partial charge in [0.2, 0.25) is 0 Å². The van der Waals surface area contributed by atoms with Crippen LogP contribution in [-0.4, -0.2) is 24.2 Å². The summed E-state index contributed by atoms with van der Waals surface area (Å²) < 4.78 is 0. The van der Waals surface area contributed by atoms with Crippen LogP contribution in [0.25, 0.3) is 0 Å². The number of unbranched alkanes of at least 4 members (excludes halogenated alkanes) is 1. The summed E-state index contributed by atoms with van der Waals surface area (Å²) >= 11 is 0. The van der Waals surface area contributed by atoms with Crippen LogP contribution in [0.4, 0.5) is 0 Å². The van der Waals surface area contributed by atoms with Gasteiger partial charge < -0.3 is 10.4 Å². The van der Waals surface area contributed by atoms with Gasteiger partial charge in [-0.3, -0.25) is 4.79 Å². The molecule has 15 heavy (non-hydrogen) atoms. The van der Waals surface area contributed by atoms with Gasteiger partial charge in [-0.15, -0.1) is 0 Å². The molecule has 0 spiro atoms. The first-order valence-electron chi connectivity index (χ1n) is 5.20. The van der Waals surface area contributed by atoms with Crippen LogP contribution in [0.2, 0.25) is 0 Å². The first-order chi connectivity index (χ1) is 7.24. The van der Waals surface area contributed by atoms with Crippen LogP contribution in [0, 0.1) is 6.92 Å². The van der Waals surface area contributed by atoms with Crippen molar-refractivity contribution >= 4 is 5.91 Å². The Morgan fingerprint density at radius 3 is 2.87 bits per heavy atom. The quantitative estimate of drug-likeness (QED) is 0.719. The molecule has 0 heterocycles. The fraction of sp³-hybridized carbons (Fsp3) is 0.417. The van der Waals surface area contributed by atoms with Crippen molar-refractivity contribution in [2.24, 2.45) is 0 Å². The fourth-order valence-electron chi connectivity index (χ4n) is 1.33. The first kappa shape index (κ1) is 11.7. The molecule has 0 unspecified atom stereocenters. The summed E-state index contributed by atoms with van der Waals surface area (Å²) in [4.78, 5) is 11.6. The number of aliphatic hydroxyl groups excluding tert-OH is 1. The maximum Gasteiger partial charge on any atom is 0.251 e. The van der Waals surface area contributed by atoms with Crippen LogP contribution in [0.3, 0.4) is 0 Å². The molecule has 0 atom stereocenters. The molecule has 0 aliphatic heterocycles. The van der Waals surface area contributed by atoms with Gasteiger partial charge in [-0.1, -0.05) is 17.7 Å². The molecule has 1 amide bonds. The molecule has 0 saturated heterocycles. The van der Waals surface area contributed by atoms with E-state index in [0.29, 0.717) is 12.1 Å².